The maximum absolute atomic E-state index is 12.6. The fraction of sp³-hybridized carbons (Fsp3) is 0.176. The zero-order valence-corrected chi connectivity index (χ0v) is 14.7. The van der Waals surface area contributed by atoms with Gasteiger partial charge in [0.25, 0.3) is 0 Å². The highest BCUT2D eigenvalue weighted by Gasteiger charge is 2.30. The third kappa shape index (κ3) is 5.67. The smallest absolute Gasteiger partial charge is 0.416 e. The second-order valence-electron chi connectivity index (χ2n) is 5.20. The molecule has 2 rings (SSSR count). The molecule has 9 heteroatoms. The number of amides is 1. The molecule has 1 atom stereocenters. The number of benzene rings is 2. The molecule has 0 aliphatic rings. The normalized spacial score (nSPS) is 12.5. The zero-order valence-electron chi connectivity index (χ0n) is 13.1. The number of halogens is 4. The van der Waals surface area contributed by atoms with Gasteiger partial charge >= 0.3 is 12.1 Å². The van der Waals surface area contributed by atoms with Gasteiger partial charge in [0, 0.05) is 10.7 Å². The molecular formula is C17H13ClF3NO3S. The first-order chi connectivity index (χ1) is 12.2. The van der Waals surface area contributed by atoms with Crippen LogP contribution in [0.5, 0.6) is 0 Å². The van der Waals surface area contributed by atoms with Crippen LogP contribution >= 0.6 is 23.4 Å². The van der Waals surface area contributed by atoms with Crippen molar-refractivity contribution >= 4 is 40.9 Å². The van der Waals surface area contributed by atoms with E-state index in [9.17, 15) is 22.8 Å². The summed E-state index contributed by atoms with van der Waals surface area (Å²) in [5.74, 6) is -1.94. The number of carbonyl (C=O) groups excluding carboxylic acids is 1. The minimum absolute atomic E-state index is 0.179. The maximum atomic E-state index is 12.6. The fourth-order valence-electron chi connectivity index (χ4n) is 2.07. The van der Waals surface area contributed by atoms with Crippen LogP contribution < -0.4 is 5.32 Å². The molecule has 1 unspecified atom stereocenters. The molecule has 0 fully saturated rings. The Morgan fingerprint density at radius 2 is 1.65 bits per heavy atom. The second kappa shape index (κ2) is 8.46. The Labute approximate surface area is 156 Å². The van der Waals surface area contributed by atoms with E-state index in [4.69, 9.17) is 16.7 Å². The van der Waals surface area contributed by atoms with E-state index >= 15 is 0 Å². The van der Waals surface area contributed by atoms with Crippen molar-refractivity contribution in [3.8, 4) is 0 Å². The van der Waals surface area contributed by atoms with Gasteiger partial charge in [-0.15, -0.1) is 11.8 Å². The van der Waals surface area contributed by atoms with Crippen LogP contribution in [0.3, 0.4) is 0 Å². The molecule has 2 aromatic rings. The van der Waals surface area contributed by atoms with Gasteiger partial charge in [0.2, 0.25) is 5.91 Å². The molecule has 138 valence electrons. The van der Waals surface area contributed by atoms with Gasteiger partial charge in [0.15, 0.2) is 0 Å². The summed E-state index contributed by atoms with van der Waals surface area (Å²) in [6, 6.07) is 10.3. The van der Waals surface area contributed by atoms with Gasteiger partial charge < -0.3 is 10.4 Å². The third-order valence-electron chi connectivity index (χ3n) is 3.26. The molecule has 0 saturated carbocycles. The van der Waals surface area contributed by atoms with Crippen molar-refractivity contribution in [2.75, 3.05) is 11.1 Å². The molecule has 0 saturated heterocycles. The molecule has 0 spiro atoms. The first-order valence-corrected chi connectivity index (χ1v) is 8.66. The zero-order chi connectivity index (χ0) is 19.3. The van der Waals surface area contributed by atoms with Crippen LogP contribution in [0, 0.1) is 0 Å². The summed E-state index contributed by atoms with van der Waals surface area (Å²) in [6.07, 6.45) is -4.47. The molecular weight excluding hydrogens is 391 g/mol. The van der Waals surface area contributed by atoms with Crippen LogP contribution in [0.2, 0.25) is 5.02 Å². The Kier molecular flexibility index (Phi) is 6.55. The lowest BCUT2D eigenvalue weighted by atomic mass is 10.1. The Hall–Kier alpha value is -2.19. The third-order valence-corrected chi connectivity index (χ3v) is 4.75. The van der Waals surface area contributed by atoms with E-state index in [1.165, 1.54) is 0 Å². The van der Waals surface area contributed by atoms with Gasteiger partial charge in [-0.25, -0.2) is 0 Å². The minimum atomic E-state index is -4.47. The quantitative estimate of drug-likeness (QED) is 0.723. The molecule has 2 N–H and O–H groups in total. The van der Waals surface area contributed by atoms with Crippen molar-refractivity contribution in [3.63, 3.8) is 0 Å². The highest BCUT2D eigenvalue weighted by atomic mass is 35.5. The summed E-state index contributed by atoms with van der Waals surface area (Å²) in [5.41, 5.74) is -0.118. The number of alkyl halides is 3. The lowest BCUT2D eigenvalue weighted by Crippen LogP contribution is -2.20. The maximum Gasteiger partial charge on any atom is 0.416 e. The monoisotopic (exact) mass is 403 g/mol. The van der Waals surface area contributed by atoms with Crippen molar-refractivity contribution < 1.29 is 27.9 Å². The molecule has 0 aromatic heterocycles. The fourth-order valence-corrected chi connectivity index (χ4v) is 3.06. The van der Waals surface area contributed by atoms with Crippen LogP contribution in [-0.2, 0) is 15.8 Å². The Balaban J connectivity index is 2.17. The number of thioether (sulfide) groups is 1. The van der Waals surface area contributed by atoms with Gasteiger partial charge in [-0.2, -0.15) is 13.2 Å². The molecule has 4 nitrogen and oxygen atoms in total. The topological polar surface area (TPSA) is 66.4 Å². The molecule has 0 heterocycles. The number of carboxylic acid groups (broad SMARTS) is 1. The van der Waals surface area contributed by atoms with E-state index < -0.39 is 28.9 Å². The van der Waals surface area contributed by atoms with Gasteiger partial charge in [0.05, 0.1) is 11.3 Å². The van der Waals surface area contributed by atoms with Crippen LogP contribution in [-0.4, -0.2) is 22.7 Å². The summed E-state index contributed by atoms with van der Waals surface area (Å²) in [6.45, 7) is 0. The molecule has 0 bridgehead atoms. The minimum Gasteiger partial charge on any atom is -0.481 e. The number of rotatable bonds is 6. The average molecular weight is 404 g/mol. The Morgan fingerprint density at radius 1 is 1.08 bits per heavy atom. The standard InChI is InChI=1S/C17H13ClF3NO3S/c18-12-5-1-10(2-6-12)15(26-9-14(23)24)16(25)22-13-7-3-11(4-8-13)17(19,20)21/h1-8,15H,9H2,(H,22,25)(H,23,24). The highest BCUT2D eigenvalue weighted by molar-refractivity contribution is 8.00. The molecule has 2 aromatic carbocycles. The molecule has 0 aliphatic heterocycles. The van der Waals surface area contributed by atoms with E-state index in [1.54, 1.807) is 24.3 Å². The number of aliphatic carboxylic acids is 1. The van der Waals surface area contributed by atoms with Crippen molar-refractivity contribution in [3.05, 3.63) is 64.7 Å². The van der Waals surface area contributed by atoms with Crippen molar-refractivity contribution in [2.45, 2.75) is 11.4 Å². The predicted molar refractivity (Wildman–Crippen MR) is 94.4 cm³/mol. The van der Waals surface area contributed by atoms with Crippen LogP contribution in [0.15, 0.2) is 48.5 Å². The first-order valence-electron chi connectivity index (χ1n) is 7.24. The molecule has 0 radical (unpaired) electrons. The van der Waals surface area contributed by atoms with Gasteiger partial charge in [-0.3, -0.25) is 9.59 Å². The van der Waals surface area contributed by atoms with Gasteiger partial charge in [0.1, 0.15) is 5.25 Å². The van der Waals surface area contributed by atoms with Crippen molar-refractivity contribution in [1.29, 1.82) is 0 Å². The van der Waals surface area contributed by atoms with Crippen molar-refractivity contribution in [2.24, 2.45) is 0 Å². The lowest BCUT2D eigenvalue weighted by molar-refractivity contribution is -0.137. The van der Waals surface area contributed by atoms with E-state index in [1.807, 2.05) is 0 Å². The van der Waals surface area contributed by atoms with Gasteiger partial charge in [-0.05, 0) is 42.0 Å². The van der Waals surface area contributed by atoms with Gasteiger partial charge in [-0.1, -0.05) is 23.7 Å². The second-order valence-corrected chi connectivity index (χ2v) is 6.73. The SMILES string of the molecule is O=C(O)CSC(C(=O)Nc1ccc(C(F)(F)F)cc1)c1ccc(Cl)cc1. The van der Waals surface area contributed by atoms with Crippen LogP contribution in [0.4, 0.5) is 18.9 Å². The van der Waals surface area contributed by atoms with E-state index in [0.717, 1.165) is 36.0 Å². The van der Waals surface area contributed by atoms with E-state index in [2.05, 4.69) is 5.32 Å². The summed E-state index contributed by atoms with van der Waals surface area (Å²) >= 11 is 6.70. The number of anilines is 1. The van der Waals surface area contributed by atoms with E-state index in [-0.39, 0.29) is 11.4 Å². The summed E-state index contributed by atoms with van der Waals surface area (Å²) in [7, 11) is 0. The van der Waals surface area contributed by atoms with Crippen LogP contribution in [0.25, 0.3) is 0 Å². The van der Waals surface area contributed by atoms with Crippen molar-refractivity contribution in [1.82, 2.24) is 0 Å². The summed E-state index contributed by atoms with van der Waals surface area (Å²) in [4.78, 5) is 23.3. The largest absolute Gasteiger partial charge is 0.481 e. The predicted octanol–water partition coefficient (Wildman–Crippen LogP) is 4.86. The summed E-state index contributed by atoms with van der Waals surface area (Å²) in [5, 5.41) is 11.0. The number of nitrogens with one attached hydrogen (secondary N) is 1. The number of carbonyl (C=O) groups is 2. The van der Waals surface area contributed by atoms with E-state index in [0.29, 0.717) is 10.6 Å². The highest BCUT2D eigenvalue weighted by Crippen LogP contribution is 2.32. The Bertz CT molecular complexity index is 779. The molecule has 0 aliphatic carbocycles. The lowest BCUT2D eigenvalue weighted by Gasteiger charge is -2.17. The van der Waals surface area contributed by atoms with Crippen LogP contribution in [0.1, 0.15) is 16.4 Å². The average Bonchev–Trinajstić information content (AvgIpc) is 2.56. The summed E-state index contributed by atoms with van der Waals surface area (Å²) < 4.78 is 37.7. The first kappa shape index (κ1) is 20.1. The number of hydrogen-bond donors (Lipinski definition) is 2. The number of hydrogen-bond acceptors (Lipinski definition) is 3. The Morgan fingerprint density at radius 3 is 2.15 bits per heavy atom. The molecule has 1 amide bonds. The molecule has 26 heavy (non-hydrogen) atoms. The number of carboxylic acids is 1.